The maximum absolute atomic E-state index is 13.7. The van der Waals surface area contributed by atoms with Crippen LogP contribution in [0.15, 0.2) is 18.2 Å². The number of likely N-dealkylation sites (tertiary alicyclic amines) is 1. The molecule has 0 atom stereocenters. The van der Waals surface area contributed by atoms with Crippen LogP contribution in [0.5, 0.6) is 0 Å². The molecule has 1 heterocycles. The van der Waals surface area contributed by atoms with Gasteiger partial charge in [-0.25, -0.2) is 4.39 Å². The first-order valence-corrected chi connectivity index (χ1v) is 6.86. The molecule has 1 fully saturated rings. The Morgan fingerprint density at radius 2 is 2.16 bits per heavy atom. The van der Waals surface area contributed by atoms with Crippen molar-refractivity contribution in [2.24, 2.45) is 5.92 Å². The first kappa shape index (κ1) is 14.3. The molecule has 0 radical (unpaired) electrons. The quantitative estimate of drug-likeness (QED) is 0.925. The zero-order chi connectivity index (χ0) is 13.8. The van der Waals surface area contributed by atoms with Gasteiger partial charge < -0.3 is 5.32 Å². The summed E-state index contributed by atoms with van der Waals surface area (Å²) in [6.45, 7) is 2.09. The van der Waals surface area contributed by atoms with Gasteiger partial charge in [0, 0.05) is 30.1 Å². The second kappa shape index (κ2) is 6.35. The molecule has 1 saturated heterocycles. The molecule has 1 amide bonds. The van der Waals surface area contributed by atoms with E-state index >= 15 is 0 Å². The molecule has 1 aliphatic heterocycles. The van der Waals surface area contributed by atoms with E-state index < -0.39 is 0 Å². The third-order valence-corrected chi connectivity index (χ3v) is 4.00. The molecule has 1 N–H and O–H groups in total. The minimum atomic E-state index is -0.263. The molecule has 5 heteroatoms. The van der Waals surface area contributed by atoms with Gasteiger partial charge in [-0.2, -0.15) is 0 Å². The van der Waals surface area contributed by atoms with E-state index in [4.69, 9.17) is 11.6 Å². The number of carbonyl (C=O) groups is 1. The van der Waals surface area contributed by atoms with E-state index in [0.29, 0.717) is 17.1 Å². The summed E-state index contributed by atoms with van der Waals surface area (Å²) in [7, 11) is 1.66. The second-order valence-corrected chi connectivity index (χ2v) is 5.27. The molecule has 0 aliphatic carbocycles. The third-order valence-electron chi connectivity index (χ3n) is 3.65. The van der Waals surface area contributed by atoms with Crippen molar-refractivity contribution < 1.29 is 9.18 Å². The predicted octanol–water partition coefficient (Wildman–Crippen LogP) is 2.44. The number of hydrogen-bond donors (Lipinski definition) is 1. The third kappa shape index (κ3) is 3.45. The molecule has 1 aromatic rings. The van der Waals surface area contributed by atoms with Crippen molar-refractivity contribution in [3.8, 4) is 0 Å². The lowest BCUT2D eigenvalue weighted by Gasteiger charge is -2.31. The van der Waals surface area contributed by atoms with Crippen LogP contribution in [-0.4, -0.2) is 30.9 Å². The summed E-state index contributed by atoms with van der Waals surface area (Å²) >= 11 is 6.02. The van der Waals surface area contributed by atoms with Crippen LogP contribution in [-0.2, 0) is 11.3 Å². The maximum atomic E-state index is 13.7. The highest BCUT2D eigenvalue weighted by Crippen LogP contribution is 2.24. The van der Waals surface area contributed by atoms with Gasteiger partial charge in [0.05, 0.1) is 0 Å². The maximum Gasteiger partial charge on any atom is 0.222 e. The van der Waals surface area contributed by atoms with Crippen molar-refractivity contribution in [3.05, 3.63) is 34.6 Å². The fourth-order valence-corrected chi connectivity index (χ4v) is 2.69. The van der Waals surface area contributed by atoms with Gasteiger partial charge in [0.1, 0.15) is 5.82 Å². The van der Waals surface area contributed by atoms with E-state index in [1.54, 1.807) is 19.2 Å². The largest absolute Gasteiger partial charge is 0.359 e. The lowest BCUT2D eigenvalue weighted by Crippen LogP contribution is -2.39. The minimum absolute atomic E-state index is 0.0809. The van der Waals surface area contributed by atoms with Crippen molar-refractivity contribution >= 4 is 17.5 Å². The smallest absolute Gasteiger partial charge is 0.222 e. The summed E-state index contributed by atoms with van der Waals surface area (Å²) in [5.41, 5.74) is 0.544. The van der Waals surface area contributed by atoms with Gasteiger partial charge in [-0.3, -0.25) is 9.69 Å². The van der Waals surface area contributed by atoms with Crippen LogP contribution in [0.3, 0.4) is 0 Å². The van der Waals surface area contributed by atoms with Gasteiger partial charge in [-0.1, -0.05) is 17.7 Å². The molecule has 1 aromatic carbocycles. The molecule has 0 saturated carbocycles. The van der Waals surface area contributed by atoms with Crippen molar-refractivity contribution in [1.82, 2.24) is 10.2 Å². The van der Waals surface area contributed by atoms with Gasteiger partial charge in [0.2, 0.25) is 5.91 Å². The van der Waals surface area contributed by atoms with Crippen molar-refractivity contribution in [2.75, 3.05) is 20.1 Å². The number of nitrogens with one attached hydrogen (secondary N) is 1. The molecular formula is C14H18ClFN2O. The summed E-state index contributed by atoms with van der Waals surface area (Å²) in [6, 6.07) is 4.74. The van der Waals surface area contributed by atoms with Crippen molar-refractivity contribution in [2.45, 2.75) is 19.4 Å². The summed E-state index contributed by atoms with van der Waals surface area (Å²) in [5.74, 6) is -0.0816. The Bertz CT molecular complexity index is 439. The highest BCUT2D eigenvalue weighted by Gasteiger charge is 2.24. The van der Waals surface area contributed by atoms with Crippen LogP contribution in [0.4, 0.5) is 4.39 Å². The molecule has 0 spiro atoms. The van der Waals surface area contributed by atoms with Crippen LogP contribution in [0.1, 0.15) is 18.4 Å². The Kier molecular flexibility index (Phi) is 4.77. The van der Waals surface area contributed by atoms with Crippen LogP contribution < -0.4 is 5.32 Å². The Labute approximate surface area is 117 Å². The Morgan fingerprint density at radius 1 is 1.47 bits per heavy atom. The van der Waals surface area contributed by atoms with E-state index in [0.717, 1.165) is 25.9 Å². The molecule has 2 rings (SSSR count). The summed E-state index contributed by atoms with van der Waals surface area (Å²) in [5, 5.41) is 3.15. The fourth-order valence-electron chi connectivity index (χ4n) is 2.46. The van der Waals surface area contributed by atoms with Crippen LogP contribution in [0, 0.1) is 11.7 Å². The number of piperidine rings is 1. The lowest BCUT2D eigenvalue weighted by molar-refractivity contribution is -0.125. The van der Waals surface area contributed by atoms with E-state index in [9.17, 15) is 9.18 Å². The normalized spacial score (nSPS) is 17.4. The number of nitrogens with zero attached hydrogens (tertiary/aromatic N) is 1. The minimum Gasteiger partial charge on any atom is -0.359 e. The molecule has 19 heavy (non-hydrogen) atoms. The molecule has 104 valence electrons. The van der Waals surface area contributed by atoms with E-state index in [1.165, 1.54) is 6.07 Å². The molecule has 3 nitrogen and oxygen atoms in total. The van der Waals surface area contributed by atoms with Crippen LogP contribution in [0.25, 0.3) is 0 Å². The number of halogens is 2. The van der Waals surface area contributed by atoms with Crippen LogP contribution in [0.2, 0.25) is 5.02 Å². The number of amides is 1. The fraction of sp³-hybridized carbons (Fsp3) is 0.500. The van der Waals surface area contributed by atoms with Gasteiger partial charge in [0.25, 0.3) is 0 Å². The first-order valence-electron chi connectivity index (χ1n) is 6.48. The van der Waals surface area contributed by atoms with E-state index in [2.05, 4.69) is 10.2 Å². The SMILES string of the molecule is CNC(=O)C1CCN(Cc2c(F)cccc2Cl)CC1. The average Bonchev–Trinajstić information content (AvgIpc) is 2.43. The lowest BCUT2D eigenvalue weighted by atomic mass is 9.95. The molecule has 1 aliphatic rings. The molecular weight excluding hydrogens is 267 g/mol. The summed E-state index contributed by atoms with van der Waals surface area (Å²) < 4.78 is 13.7. The number of rotatable bonds is 3. The topological polar surface area (TPSA) is 32.3 Å². The summed E-state index contributed by atoms with van der Waals surface area (Å²) in [6.07, 6.45) is 1.62. The zero-order valence-corrected chi connectivity index (χ0v) is 11.7. The first-order chi connectivity index (χ1) is 9.11. The standard InChI is InChI=1S/C14H18ClFN2O/c1-17-14(19)10-5-7-18(8-6-10)9-11-12(15)3-2-4-13(11)16/h2-4,10H,5-9H2,1H3,(H,17,19). The number of hydrogen-bond acceptors (Lipinski definition) is 2. The highest BCUT2D eigenvalue weighted by atomic mass is 35.5. The summed E-state index contributed by atoms with van der Waals surface area (Å²) in [4.78, 5) is 13.7. The molecule has 0 unspecified atom stereocenters. The van der Waals surface area contributed by atoms with Gasteiger partial charge in [-0.05, 0) is 38.1 Å². The van der Waals surface area contributed by atoms with E-state index in [1.807, 2.05) is 0 Å². The van der Waals surface area contributed by atoms with Crippen molar-refractivity contribution in [3.63, 3.8) is 0 Å². The Balaban J connectivity index is 1.94. The zero-order valence-electron chi connectivity index (χ0n) is 11.0. The molecule has 0 aromatic heterocycles. The average molecular weight is 285 g/mol. The Morgan fingerprint density at radius 3 is 2.74 bits per heavy atom. The van der Waals surface area contributed by atoms with Gasteiger partial charge in [0.15, 0.2) is 0 Å². The predicted molar refractivity (Wildman–Crippen MR) is 73.5 cm³/mol. The molecule has 0 bridgehead atoms. The second-order valence-electron chi connectivity index (χ2n) is 4.86. The van der Waals surface area contributed by atoms with Crippen molar-refractivity contribution in [1.29, 1.82) is 0 Å². The van der Waals surface area contributed by atoms with Crippen LogP contribution >= 0.6 is 11.6 Å². The van der Waals surface area contributed by atoms with Gasteiger partial charge in [-0.15, -0.1) is 0 Å². The Hall–Kier alpha value is -1.13. The van der Waals surface area contributed by atoms with Gasteiger partial charge >= 0.3 is 0 Å². The number of benzene rings is 1. The monoisotopic (exact) mass is 284 g/mol. The van der Waals surface area contributed by atoms with E-state index in [-0.39, 0.29) is 17.6 Å². The number of carbonyl (C=O) groups excluding carboxylic acids is 1. The highest BCUT2D eigenvalue weighted by molar-refractivity contribution is 6.31.